The Balaban J connectivity index is 0.925. The Bertz CT molecular complexity index is 4160. The van der Waals surface area contributed by atoms with Crippen LogP contribution in [0, 0.1) is 0 Å². The van der Waals surface area contributed by atoms with Crippen molar-refractivity contribution in [3.8, 4) is 45.5 Å². The number of nitrogens with zero attached hydrogens (tertiary/aromatic N) is 5. The van der Waals surface area contributed by atoms with Gasteiger partial charge < -0.3 is 13.6 Å². The van der Waals surface area contributed by atoms with Crippen LogP contribution in [0.5, 0.6) is 0 Å². The van der Waals surface area contributed by atoms with Gasteiger partial charge in [0.15, 0.2) is 17.5 Å². The molecule has 0 amide bonds. The lowest BCUT2D eigenvalue weighted by molar-refractivity contribution is 0.668. The first-order valence-corrected chi connectivity index (χ1v) is 22.3. The van der Waals surface area contributed by atoms with Crippen LogP contribution in [0.1, 0.15) is 0 Å². The summed E-state index contributed by atoms with van der Waals surface area (Å²) in [6.07, 6.45) is 0. The highest BCUT2D eigenvalue weighted by atomic mass is 32.1. The average molecular weight is 836 g/mol. The molecule has 0 atom stereocenters. The Kier molecular flexibility index (Phi) is 7.46. The van der Waals surface area contributed by atoms with Crippen molar-refractivity contribution in [2.75, 3.05) is 0 Å². The normalized spacial score (nSPS) is 12.1. The molecule has 0 radical (unpaired) electrons. The highest BCUT2D eigenvalue weighted by Crippen LogP contribution is 2.42. The first-order chi connectivity index (χ1) is 31.7. The highest BCUT2D eigenvalue weighted by Gasteiger charge is 2.21. The van der Waals surface area contributed by atoms with Crippen molar-refractivity contribution in [3.05, 3.63) is 200 Å². The van der Waals surface area contributed by atoms with Crippen LogP contribution in [0.2, 0.25) is 0 Å². The summed E-state index contributed by atoms with van der Waals surface area (Å²) in [6.45, 7) is 0. The molecule has 14 rings (SSSR count). The van der Waals surface area contributed by atoms with Crippen molar-refractivity contribution in [3.63, 3.8) is 0 Å². The van der Waals surface area contributed by atoms with Crippen LogP contribution in [0.15, 0.2) is 205 Å². The van der Waals surface area contributed by atoms with E-state index < -0.39 is 0 Å². The Morgan fingerprint density at radius 1 is 0.375 bits per heavy atom. The summed E-state index contributed by atoms with van der Waals surface area (Å²) < 4.78 is 14.0. The van der Waals surface area contributed by atoms with Gasteiger partial charge in [-0.25, -0.2) is 15.0 Å². The van der Waals surface area contributed by atoms with E-state index in [0.717, 1.165) is 65.7 Å². The molecule has 9 aromatic carbocycles. The largest absolute Gasteiger partial charge is 0.456 e. The second-order valence-corrected chi connectivity index (χ2v) is 17.4. The molecule has 64 heavy (non-hydrogen) atoms. The van der Waals surface area contributed by atoms with Crippen LogP contribution < -0.4 is 0 Å². The Morgan fingerprint density at radius 3 is 1.73 bits per heavy atom. The summed E-state index contributed by atoms with van der Waals surface area (Å²) >= 11 is 1.77. The lowest BCUT2D eigenvalue weighted by atomic mass is 10.1. The molecule has 14 aromatic rings. The van der Waals surface area contributed by atoms with E-state index in [9.17, 15) is 0 Å². The second kappa shape index (κ2) is 13.6. The van der Waals surface area contributed by atoms with Crippen molar-refractivity contribution >= 4 is 97.1 Å². The van der Waals surface area contributed by atoms with E-state index in [2.05, 4.69) is 179 Å². The molecule has 0 saturated heterocycles. The quantitative estimate of drug-likeness (QED) is 0.173. The van der Waals surface area contributed by atoms with Crippen molar-refractivity contribution in [1.29, 1.82) is 0 Å². The van der Waals surface area contributed by atoms with Crippen LogP contribution in [0.3, 0.4) is 0 Å². The lowest BCUT2D eigenvalue weighted by Crippen LogP contribution is -2.00. The summed E-state index contributed by atoms with van der Waals surface area (Å²) in [5.74, 6) is 1.86. The molecule has 0 fully saturated rings. The van der Waals surface area contributed by atoms with Gasteiger partial charge in [-0.05, 0) is 66.7 Å². The minimum atomic E-state index is 0.592. The van der Waals surface area contributed by atoms with Crippen molar-refractivity contribution in [1.82, 2.24) is 24.1 Å². The number of aromatic nitrogens is 5. The van der Waals surface area contributed by atoms with Crippen LogP contribution >= 0.6 is 11.3 Å². The number of rotatable bonds is 5. The third-order valence-electron chi connectivity index (χ3n) is 12.8. The zero-order valence-corrected chi connectivity index (χ0v) is 34.9. The van der Waals surface area contributed by atoms with E-state index in [1.165, 1.54) is 48.1 Å². The van der Waals surface area contributed by atoms with Gasteiger partial charge in [-0.2, -0.15) is 0 Å². The zero-order valence-electron chi connectivity index (χ0n) is 34.1. The maximum absolute atomic E-state index is 6.79. The first kappa shape index (κ1) is 35.2. The number of thiophene rings is 1. The van der Waals surface area contributed by atoms with Gasteiger partial charge in [0.1, 0.15) is 11.2 Å². The average Bonchev–Trinajstić information content (AvgIpc) is 4.11. The van der Waals surface area contributed by atoms with E-state index in [4.69, 9.17) is 19.4 Å². The lowest BCUT2D eigenvalue weighted by Gasteiger charge is -2.11. The maximum Gasteiger partial charge on any atom is 0.165 e. The molecule has 298 valence electrons. The monoisotopic (exact) mass is 835 g/mol. The van der Waals surface area contributed by atoms with Gasteiger partial charge >= 0.3 is 0 Å². The number of furan rings is 1. The van der Waals surface area contributed by atoms with Crippen molar-refractivity contribution < 1.29 is 4.42 Å². The number of hydrogen-bond acceptors (Lipinski definition) is 5. The molecule has 7 heteroatoms. The minimum Gasteiger partial charge on any atom is -0.456 e. The molecule has 5 aromatic heterocycles. The molecule has 0 bridgehead atoms. The van der Waals surface area contributed by atoms with Crippen molar-refractivity contribution in [2.24, 2.45) is 0 Å². The summed E-state index contributed by atoms with van der Waals surface area (Å²) in [7, 11) is 0. The molecule has 0 saturated carbocycles. The van der Waals surface area contributed by atoms with Crippen LogP contribution in [0.4, 0.5) is 0 Å². The Morgan fingerprint density at radius 2 is 0.953 bits per heavy atom. The van der Waals surface area contributed by atoms with Gasteiger partial charge in [0.25, 0.3) is 0 Å². The second-order valence-electron chi connectivity index (χ2n) is 16.3. The van der Waals surface area contributed by atoms with E-state index in [-0.39, 0.29) is 0 Å². The van der Waals surface area contributed by atoms with Crippen LogP contribution in [-0.2, 0) is 0 Å². The summed E-state index contributed by atoms with van der Waals surface area (Å²) in [4.78, 5) is 15.4. The SMILES string of the molecule is c1ccc(-c2nc(-c3ccc4c(c3)oc3cc(-n5c6ccccc6c6c(-n7c8ccccc8c8ccccc87)cccc65)ccc34)nc(-c3cccc4c3sc3ccccc34)n2)cc1. The predicted molar refractivity (Wildman–Crippen MR) is 265 cm³/mol. The fraction of sp³-hybridized carbons (Fsp3) is 0. The van der Waals surface area contributed by atoms with Gasteiger partial charge in [-0.3, -0.25) is 0 Å². The van der Waals surface area contributed by atoms with Gasteiger partial charge in [0.2, 0.25) is 0 Å². The smallest absolute Gasteiger partial charge is 0.165 e. The summed E-state index contributed by atoms with van der Waals surface area (Å²) in [6, 6.07) is 70.8. The van der Waals surface area contributed by atoms with Crippen LogP contribution in [0.25, 0.3) is 131 Å². The first-order valence-electron chi connectivity index (χ1n) is 21.4. The molecule has 0 spiro atoms. The highest BCUT2D eigenvalue weighted by molar-refractivity contribution is 7.26. The molecule has 0 aliphatic rings. The van der Waals surface area contributed by atoms with Crippen molar-refractivity contribution in [2.45, 2.75) is 0 Å². The van der Waals surface area contributed by atoms with Crippen LogP contribution in [-0.4, -0.2) is 24.1 Å². The molecule has 0 N–H and O–H groups in total. The Hall–Kier alpha value is -8.39. The van der Waals surface area contributed by atoms with Gasteiger partial charge in [-0.1, -0.05) is 127 Å². The topological polar surface area (TPSA) is 61.7 Å². The molecule has 0 aliphatic carbocycles. The van der Waals surface area contributed by atoms with E-state index >= 15 is 0 Å². The maximum atomic E-state index is 6.79. The predicted octanol–water partition coefficient (Wildman–Crippen LogP) is 15.3. The van der Waals surface area contributed by atoms with E-state index in [1.807, 2.05) is 30.3 Å². The standard InChI is InChI=1S/C57H33N5OS/c1-2-14-34(15-3-1)55-58-56(60-57(59-55)44-21-12-20-42-41-18-7-11-27-52(41)64-54(42)44)35-28-30-39-40-31-29-36(33-51(40)63-50(39)32-35)61-47-24-10-6-19-43(47)53-48(61)25-13-26-49(53)62-45-22-8-4-16-37(45)38-17-5-9-23-46(38)62/h1-33H. The summed E-state index contributed by atoms with van der Waals surface area (Å²) in [5.41, 5.74) is 11.2. The molecule has 5 heterocycles. The van der Waals surface area contributed by atoms with Gasteiger partial charge in [0, 0.05) is 80.9 Å². The van der Waals surface area contributed by atoms with Gasteiger partial charge in [0.05, 0.1) is 27.8 Å². The van der Waals surface area contributed by atoms with E-state index in [1.54, 1.807) is 11.3 Å². The fourth-order valence-corrected chi connectivity index (χ4v) is 11.2. The number of hydrogen-bond donors (Lipinski definition) is 0. The number of para-hydroxylation sites is 3. The molecule has 0 unspecified atom stereocenters. The Labute approximate surface area is 369 Å². The molecule has 6 nitrogen and oxygen atoms in total. The summed E-state index contributed by atoms with van der Waals surface area (Å²) in [5, 5.41) is 9.41. The molecular formula is C57H33N5OS. The minimum absolute atomic E-state index is 0.592. The molecule has 0 aliphatic heterocycles. The number of fused-ring (bicyclic) bond motifs is 12. The fourth-order valence-electron chi connectivity index (χ4n) is 9.96. The third-order valence-corrected chi connectivity index (χ3v) is 14.0. The number of benzene rings is 9. The molecular weight excluding hydrogens is 803 g/mol. The van der Waals surface area contributed by atoms with E-state index in [0.29, 0.717) is 17.5 Å². The van der Waals surface area contributed by atoms with Gasteiger partial charge in [-0.15, -0.1) is 11.3 Å². The zero-order chi connectivity index (χ0) is 41.9. The third kappa shape index (κ3) is 5.16.